The number of sulfonamides is 1. The van der Waals surface area contributed by atoms with E-state index in [0.29, 0.717) is 36.8 Å². The summed E-state index contributed by atoms with van der Waals surface area (Å²) in [6.45, 7) is 4.58. The van der Waals surface area contributed by atoms with E-state index in [-0.39, 0.29) is 23.9 Å². The van der Waals surface area contributed by atoms with Crippen LogP contribution in [0.15, 0.2) is 48.5 Å². The van der Waals surface area contributed by atoms with Crippen molar-refractivity contribution in [1.82, 2.24) is 15.4 Å². The number of urea groups is 1. The van der Waals surface area contributed by atoms with Gasteiger partial charge in [-0.1, -0.05) is 36.4 Å². The van der Waals surface area contributed by atoms with E-state index in [1.165, 1.54) is 0 Å². The Hall–Kier alpha value is -2.78. The van der Waals surface area contributed by atoms with Gasteiger partial charge in [0.2, 0.25) is 10.0 Å². The molecule has 9 heteroatoms. The maximum absolute atomic E-state index is 12.1. The number of carbonyl (C=O) groups is 1. The van der Waals surface area contributed by atoms with Gasteiger partial charge < -0.3 is 20.1 Å². The lowest BCUT2D eigenvalue weighted by atomic mass is 10.1. The highest BCUT2D eigenvalue weighted by molar-refractivity contribution is 7.88. The van der Waals surface area contributed by atoms with E-state index in [0.717, 1.165) is 5.56 Å². The van der Waals surface area contributed by atoms with Gasteiger partial charge in [0.15, 0.2) is 17.6 Å². The Bertz CT molecular complexity index is 961. The van der Waals surface area contributed by atoms with Crippen LogP contribution in [0, 0.1) is 0 Å². The predicted octanol–water partition coefficient (Wildman–Crippen LogP) is 2.15. The number of ether oxygens (including phenoxy) is 2. The molecule has 2 aromatic rings. The van der Waals surface area contributed by atoms with E-state index in [4.69, 9.17) is 9.47 Å². The van der Waals surface area contributed by atoms with Crippen LogP contribution in [-0.2, 0) is 22.3 Å². The Labute approximate surface area is 177 Å². The average molecular weight is 434 g/mol. The van der Waals surface area contributed by atoms with Crippen LogP contribution in [0.25, 0.3) is 0 Å². The molecule has 162 valence electrons. The van der Waals surface area contributed by atoms with Gasteiger partial charge in [-0.25, -0.2) is 17.9 Å². The lowest BCUT2D eigenvalue weighted by Gasteiger charge is -2.26. The zero-order chi connectivity index (χ0) is 21.6. The minimum absolute atomic E-state index is 0.0774. The summed E-state index contributed by atoms with van der Waals surface area (Å²) in [6.07, 6.45) is -0.258. The molecular formula is C21H27N3O5S. The molecule has 3 N–H and O–H groups in total. The zero-order valence-corrected chi connectivity index (χ0v) is 17.9. The molecule has 0 radical (unpaired) electrons. The highest BCUT2D eigenvalue weighted by Gasteiger charge is 2.21. The van der Waals surface area contributed by atoms with Gasteiger partial charge in [-0.3, -0.25) is 0 Å². The van der Waals surface area contributed by atoms with E-state index in [2.05, 4.69) is 15.4 Å². The first kappa shape index (κ1) is 21.9. The van der Waals surface area contributed by atoms with Crippen molar-refractivity contribution in [3.8, 4) is 11.5 Å². The van der Waals surface area contributed by atoms with Crippen LogP contribution in [0.5, 0.6) is 11.5 Å². The van der Waals surface area contributed by atoms with E-state index in [1.54, 1.807) is 38.1 Å². The quantitative estimate of drug-likeness (QED) is 0.592. The fraction of sp³-hybridized carbons (Fsp3) is 0.381. The van der Waals surface area contributed by atoms with Gasteiger partial charge in [-0.15, -0.1) is 0 Å². The summed E-state index contributed by atoms with van der Waals surface area (Å²) < 4.78 is 37.9. The van der Waals surface area contributed by atoms with Crippen molar-refractivity contribution >= 4 is 16.1 Å². The first-order valence-electron chi connectivity index (χ1n) is 9.79. The third kappa shape index (κ3) is 6.64. The molecule has 1 atom stereocenters. The molecule has 3 rings (SSSR count). The predicted molar refractivity (Wildman–Crippen MR) is 114 cm³/mol. The van der Waals surface area contributed by atoms with Crippen LogP contribution in [0.4, 0.5) is 4.79 Å². The Kier molecular flexibility index (Phi) is 7.17. The van der Waals surface area contributed by atoms with Crippen molar-refractivity contribution in [1.29, 1.82) is 0 Å². The van der Waals surface area contributed by atoms with Crippen molar-refractivity contribution in [2.75, 3.05) is 13.2 Å². The van der Waals surface area contributed by atoms with Crippen LogP contribution in [-0.4, -0.2) is 39.7 Å². The van der Waals surface area contributed by atoms with E-state index >= 15 is 0 Å². The Morgan fingerprint density at radius 3 is 2.40 bits per heavy atom. The lowest BCUT2D eigenvalue weighted by molar-refractivity contribution is 0.0918. The molecule has 1 heterocycles. The fourth-order valence-corrected chi connectivity index (χ4v) is 4.42. The number of carbonyl (C=O) groups excluding carboxylic acids is 1. The molecule has 1 aliphatic rings. The smallest absolute Gasteiger partial charge is 0.315 e. The van der Waals surface area contributed by atoms with Gasteiger partial charge in [0.05, 0.1) is 12.3 Å². The third-order valence-corrected chi connectivity index (χ3v) is 5.85. The molecule has 0 aliphatic carbocycles. The van der Waals surface area contributed by atoms with Crippen molar-refractivity contribution in [3.63, 3.8) is 0 Å². The number of hydrogen-bond acceptors (Lipinski definition) is 5. The molecule has 0 aromatic heterocycles. The normalized spacial score (nSPS) is 15.6. The van der Waals surface area contributed by atoms with Crippen molar-refractivity contribution in [2.45, 2.75) is 38.3 Å². The van der Waals surface area contributed by atoms with Crippen molar-refractivity contribution < 1.29 is 22.7 Å². The van der Waals surface area contributed by atoms with Crippen molar-refractivity contribution in [3.05, 3.63) is 59.7 Å². The molecule has 0 unspecified atom stereocenters. The number of rotatable bonds is 8. The number of para-hydroxylation sites is 2. The first-order chi connectivity index (χ1) is 14.3. The average Bonchev–Trinajstić information content (AvgIpc) is 2.70. The van der Waals surface area contributed by atoms with Crippen LogP contribution >= 0.6 is 0 Å². The van der Waals surface area contributed by atoms with Gasteiger partial charge in [0.25, 0.3) is 0 Å². The summed E-state index contributed by atoms with van der Waals surface area (Å²) in [7, 11) is -3.36. The lowest BCUT2D eigenvalue weighted by Crippen LogP contribution is -2.44. The van der Waals surface area contributed by atoms with Gasteiger partial charge in [-0.05, 0) is 37.1 Å². The molecule has 2 amide bonds. The molecule has 30 heavy (non-hydrogen) atoms. The van der Waals surface area contributed by atoms with Crippen LogP contribution < -0.4 is 24.8 Å². The third-order valence-electron chi connectivity index (χ3n) is 4.31. The van der Waals surface area contributed by atoms with Crippen molar-refractivity contribution in [2.24, 2.45) is 0 Å². The summed E-state index contributed by atoms with van der Waals surface area (Å²) >= 11 is 0. The highest BCUT2D eigenvalue weighted by Crippen LogP contribution is 2.30. The highest BCUT2D eigenvalue weighted by atomic mass is 32.2. The standard InChI is InChI=1S/C21H27N3O5S/c1-15(2)24-30(26,27)14-17-9-7-16(8-10-17)11-22-21(25)23-12-18-13-28-19-5-3-4-6-20(19)29-18/h3-10,15,18,24H,11-14H2,1-2H3,(H2,22,23,25)/t18-/m0/s1. The molecule has 0 saturated heterocycles. The Balaban J connectivity index is 1.41. The summed E-state index contributed by atoms with van der Waals surface area (Å²) in [5.74, 6) is 1.29. The molecule has 0 spiro atoms. The zero-order valence-electron chi connectivity index (χ0n) is 17.1. The minimum atomic E-state index is -3.36. The summed E-state index contributed by atoms with van der Waals surface area (Å²) in [4.78, 5) is 12.1. The topological polar surface area (TPSA) is 106 Å². The number of hydrogen-bond donors (Lipinski definition) is 3. The molecule has 0 fully saturated rings. The molecular weight excluding hydrogens is 406 g/mol. The summed E-state index contributed by atoms with van der Waals surface area (Å²) in [6, 6.07) is 14.1. The second-order valence-electron chi connectivity index (χ2n) is 7.41. The molecule has 8 nitrogen and oxygen atoms in total. The maximum Gasteiger partial charge on any atom is 0.315 e. The number of fused-ring (bicyclic) bond motifs is 1. The Morgan fingerprint density at radius 1 is 1.03 bits per heavy atom. The largest absolute Gasteiger partial charge is 0.486 e. The van der Waals surface area contributed by atoms with Crippen LogP contribution in [0.2, 0.25) is 0 Å². The fourth-order valence-electron chi connectivity index (χ4n) is 2.99. The van der Waals surface area contributed by atoms with Crippen LogP contribution in [0.1, 0.15) is 25.0 Å². The van der Waals surface area contributed by atoms with E-state index < -0.39 is 10.0 Å². The molecule has 2 aromatic carbocycles. The summed E-state index contributed by atoms with van der Waals surface area (Å²) in [5.41, 5.74) is 1.56. The monoisotopic (exact) mass is 433 g/mol. The maximum atomic E-state index is 12.1. The number of amides is 2. The van der Waals surface area contributed by atoms with Gasteiger partial charge in [0, 0.05) is 12.6 Å². The second kappa shape index (κ2) is 9.82. The number of benzene rings is 2. The molecule has 0 saturated carbocycles. The SMILES string of the molecule is CC(C)NS(=O)(=O)Cc1ccc(CNC(=O)NC[C@H]2COc3ccccc3O2)cc1. The Morgan fingerprint density at radius 2 is 1.70 bits per heavy atom. The van der Waals surface area contributed by atoms with Gasteiger partial charge in [-0.2, -0.15) is 0 Å². The van der Waals surface area contributed by atoms with Gasteiger partial charge >= 0.3 is 6.03 Å². The van der Waals surface area contributed by atoms with E-state index in [9.17, 15) is 13.2 Å². The van der Waals surface area contributed by atoms with E-state index in [1.807, 2.05) is 24.3 Å². The second-order valence-corrected chi connectivity index (χ2v) is 9.16. The molecule has 0 bridgehead atoms. The minimum Gasteiger partial charge on any atom is -0.486 e. The number of nitrogens with one attached hydrogen (secondary N) is 3. The summed E-state index contributed by atoms with van der Waals surface area (Å²) in [5, 5.41) is 5.55. The molecule has 1 aliphatic heterocycles. The first-order valence-corrected chi connectivity index (χ1v) is 11.4. The van der Waals surface area contributed by atoms with Gasteiger partial charge in [0.1, 0.15) is 6.61 Å². The van der Waals surface area contributed by atoms with Crippen LogP contribution in [0.3, 0.4) is 0 Å².